The van der Waals surface area contributed by atoms with Crippen LogP contribution in [0.2, 0.25) is 5.02 Å². The summed E-state index contributed by atoms with van der Waals surface area (Å²) in [6, 6.07) is 18.1. The Morgan fingerprint density at radius 1 is 1.16 bits per heavy atom. The van der Waals surface area contributed by atoms with Gasteiger partial charge in [0.15, 0.2) is 5.11 Å². The van der Waals surface area contributed by atoms with E-state index in [1.165, 1.54) is 5.56 Å². The van der Waals surface area contributed by atoms with Gasteiger partial charge >= 0.3 is 0 Å². The number of hydrogen-bond acceptors (Lipinski definition) is 2. The number of aromatic nitrogens is 2. The molecule has 0 radical (unpaired) electrons. The van der Waals surface area contributed by atoms with Crippen molar-refractivity contribution in [1.29, 1.82) is 0 Å². The molecular weight excluding hydrogens is 352 g/mol. The molecule has 0 aliphatic heterocycles. The molecular formula is C19H19ClN4S. The van der Waals surface area contributed by atoms with Crippen LogP contribution in [0.3, 0.4) is 0 Å². The van der Waals surface area contributed by atoms with Gasteiger partial charge in [0.25, 0.3) is 0 Å². The standard InChI is InChI=1S/C19H19ClN4S/c1-14(15-7-3-2-4-8-15)22-19(25)23-17-11-21-24(13-17)12-16-9-5-6-10-18(16)20/h2-11,13-14H,12H2,1H3,(H2,22,23,25). The molecule has 4 nitrogen and oxygen atoms in total. The van der Waals surface area contributed by atoms with Gasteiger partial charge in [-0.05, 0) is 36.3 Å². The minimum Gasteiger partial charge on any atom is -0.356 e. The Balaban J connectivity index is 1.58. The van der Waals surface area contributed by atoms with E-state index in [4.69, 9.17) is 23.8 Å². The summed E-state index contributed by atoms with van der Waals surface area (Å²) in [5.41, 5.74) is 3.04. The highest BCUT2D eigenvalue weighted by molar-refractivity contribution is 7.80. The summed E-state index contributed by atoms with van der Waals surface area (Å²) in [4.78, 5) is 0. The monoisotopic (exact) mass is 370 g/mol. The molecule has 2 N–H and O–H groups in total. The second-order valence-corrected chi connectivity index (χ2v) is 6.56. The van der Waals surface area contributed by atoms with E-state index < -0.39 is 0 Å². The first-order chi connectivity index (χ1) is 12.1. The Kier molecular flexibility index (Phi) is 5.68. The van der Waals surface area contributed by atoms with E-state index in [-0.39, 0.29) is 6.04 Å². The molecule has 25 heavy (non-hydrogen) atoms. The summed E-state index contributed by atoms with van der Waals surface area (Å²) in [6.45, 7) is 2.69. The van der Waals surface area contributed by atoms with Gasteiger partial charge in [0, 0.05) is 11.2 Å². The quantitative estimate of drug-likeness (QED) is 0.642. The van der Waals surface area contributed by atoms with Crippen LogP contribution in [-0.2, 0) is 6.54 Å². The number of halogens is 1. The second kappa shape index (κ2) is 8.14. The predicted octanol–water partition coefficient (Wildman–Crippen LogP) is 4.63. The third-order valence-electron chi connectivity index (χ3n) is 3.83. The zero-order valence-corrected chi connectivity index (χ0v) is 15.4. The number of nitrogens with zero attached hydrogens (tertiary/aromatic N) is 2. The van der Waals surface area contributed by atoms with Crippen molar-refractivity contribution < 1.29 is 0 Å². The molecule has 1 atom stereocenters. The fourth-order valence-electron chi connectivity index (χ4n) is 2.50. The Bertz CT molecular complexity index is 847. The molecule has 2 aromatic carbocycles. The Morgan fingerprint density at radius 2 is 1.88 bits per heavy atom. The molecule has 0 saturated heterocycles. The van der Waals surface area contributed by atoms with Gasteiger partial charge in [-0.1, -0.05) is 60.1 Å². The minimum absolute atomic E-state index is 0.124. The van der Waals surface area contributed by atoms with E-state index in [1.807, 2.05) is 53.3 Å². The second-order valence-electron chi connectivity index (χ2n) is 5.75. The van der Waals surface area contributed by atoms with Crippen LogP contribution in [0.15, 0.2) is 67.0 Å². The number of anilines is 1. The van der Waals surface area contributed by atoms with Gasteiger partial charge in [0.1, 0.15) is 0 Å². The van der Waals surface area contributed by atoms with E-state index in [0.717, 1.165) is 16.3 Å². The average Bonchev–Trinajstić information content (AvgIpc) is 3.04. The average molecular weight is 371 g/mol. The number of nitrogens with one attached hydrogen (secondary N) is 2. The molecule has 1 aromatic heterocycles. The summed E-state index contributed by atoms with van der Waals surface area (Å²) in [5, 5.41) is 12.1. The highest BCUT2D eigenvalue weighted by atomic mass is 35.5. The molecule has 128 valence electrons. The maximum atomic E-state index is 6.19. The molecule has 0 aliphatic rings. The lowest BCUT2D eigenvalue weighted by atomic mass is 10.1. The molecule has 0 amide bonds. The topological polar surface area (TPSA) is 41.9 Å². The Labute approximate surface area is 157 Å². The van der Waals surface area contributed by atoms with Gasteiger partial charge in [0.2, 0.25) is 0 Å². The third kappa shape index (κ3) is 4.81. The molecule has 0 saturated carbocycles. The van der Waals surface area contributed by atoms with Crippen molar-refractivity contribution in [2.45, 2.75) is 19.5 Å². The largest absolute Gasteiger partial charge is 0.356 e. The molecule has 6 heteroatoms. The van der Waals surface area contributed by atoms with Crippen LogP contribution in [0.5, 0.6) is 0 Å². The number of hydrogen-bond donors (Lipinski definition) is 2. The van der Waals surface area contributed by atoms with Crippen LogP contribution in [-0.4, -0.2) is 14.9 Å². The highest BCUT2D eigenvalue weighted by Gasteiger charge is 2.08. The first-order valence-corrected chi connectivity index (χ1v) is 8.79. The summed E-state index contributed by atoms with van der Waals surface area (Å²) >= 11 is 11.6. The van der Waals surface area contributed by atoms with E-state index in [9.17, 15) is 0 Å². The lowest BCUT2D eigenvalue weighted by molar-refractivity contribution is 0.687. The summed E-state index contributed by atoms with van der Waals surface area (Å²) in [6.07, 6.45) is 3.66. The summed E-state index contributed by atoms with van der Waals surface area (Å²) in [7, 11) is 0. The fraction of sp³-hybridized carbons (Fsp3) is 0.158. The molecule has 0 spiro atoms. The lowest BCUT2D eigenvalue weighted by Crippen LogP contribution is -2.30. The normalized spacial score (nSPS) is 11.8. The smallest absolute Gasteiger partial charge is 0.171 e. The minimum atomic E-state index is 0.124. The maximum absolute atomic E-state index is 6.19. The van der Waals surface area contributed by atoms with Crippen LogP contribution in [0.1, 0.15) is 24.1 Å². The third-order valence-corrected chi connectivity index (χ3v) is 4.42. The Hall–Kier alpha value is -2.37. The van der Waals surface area contributed by atoms with Crippen LogP contribution in [0.25, 0.3) is 0 Å². The first kappa shape index (κ1) is 17.5. The number of thiocarbonyl (C=S) groups is 1. The van der Waals surface area contributed by atoms with Crippen molar-refractivity contribution >= 4 is 34.6 Å². The molecule has 1 unspecified atom stereocenters. The van der Waals surface area contributed by atoms with Gasteiger partial charge in [0.05, 0.1) is 24.5 Å². The van der Waals surface area contributed by atoms with Crippen molar-refractivity contribution in [3.8, 4) is 0 Å². The number of benzene rings is 2. The van der Waals surface area contributed by atoms with Crippen molar-refractivity contribution in [2.24, 2.45) is 0 Å². The maximum Gasteiger partial charge on any atom is 0.171 e. The van der Waals surface area contributed by atoms with E-state index in [0.29, 0.717) is 11.7 Å². The van der Waals surface area contributed by atoms with Gasteiger partial charge in [-0.15, -0.1) is 0 Å². The van der Waals surface area contributed by atoms with Crippen molar-refractivity contribution in [3.63, 3.8) is 0 Å². The van der Waals surface area contributed by atoms with Crippen molar-refractivity contribution in [2.75, 3.05) is 5.32 Å². The molecule has 0 fully saturated rings. The van der Waals surface area contributed by atoms with Gasteiger partial charge < -0.3 is 10.6 Å². The van der Waals surface area contributed by atoms with E-state index in [2.05, 4.69) is 34.8 Å². The number of rotatable bonds is 5. The lowest BCUT2D eigenvalue weighted by Gasteiger charge is -2.16. The van der Waals surface area contributed by atoms with Crippen LogP contribution >= 0.6 is 23.8 Å². The van der Waals surface area contributed by atoms with Gasteiger partial charge in [-0.2, -0.15) is 5.10 Å². The van der Waals surface area contributed by atoms with Crippen LogP contribution < -0.4 is 10.6 Å². The molecule has 3 rings (SSSR count). The van der Waals surface area contributed by atoms with Gasteiger partial charge in [-0.3, -0.25) is 4.68 Å². The molecule has 3 aromatic rings. The van der Waals surface area contributed by atoms with E-state index >= 15 is 0 Å². The highest BCUT2D eigenvalue weighted by Crippen LogP contribution is 2.17. The SMILES string of the molecule is CC(NC(=S)Nc1cnn(Cc2ccccc2Cl)c1)c1ccccc1. The molecule has 1 heterocycles. The predicted molar refractivity (Wildman–Crippen MR) is 107 cm³/mol. The first-order valence-electron chi connectivity index (χ1n) is 8.00. The zero-order valence-electron chi connectivity index (χ0n) is 13.8. The van der Waals surface area contributed by atoms with Gasteiger partial charge in [-0.25, -0.2) is 0 Å². The zero-order chi connectivity index (χ0) is 17.6. The van der Waals surface area contributed by atoms with E-state index in [1.54, 1.807) is 6.20 Å². The fourth-order valence-corrected chi connectivity index (χ4v) is 2.99. The summed E-state index contributed by atoms with van der Waals surface area (Å²) < 4.78 is 1.83. The molecule has 0 aliphatic carbocycles. The Morgan fingerprint density at radius 3 is 2.64 bits per heavy atom. The summed E-state index contributed by atoms with van der Waals surface area (Å²) in [5.74, 6) is 0. The van der Waals surface area contributed by atoms with Crippen LogP contribution in [0.4, 0.5) is 5.69 Å². The van der Waals surface area contributed by atoms with Crippen LogP contribution in [0, 0.1) is 0 Å². The molecule has 0 bridgehead atoms. The van der Waals surface area contributed by atoms with Crippen molar-refractivity contribution in [3.05, 3.63) is 83.1 Å². The van der Waals surface area contributed by atoms with Crippen molar-refractivity contribution in [1.82, 2.24) is 15.1 Å².